The van der Waals surface area contributed by atoms with Crippen LogP contribution >= 0.6 is 11.6 Å². The van der Waals surface area contributed by atoms with E-state index in [1.807, 2.05) is 0 Å². The molecule has 0 spiro atoms. The molecule has 2 aliphatic heterocycles. The highest BCUT2D eigenvalue weighted by Crippen LogP contribution is 2.26. The number of piperidine rings is 1. The maximum Gasteiger partial charge on any atom is 0.231 e. The fourth-order valence-electron chi connectivity index (χ4n) is 3.36. The van der Waals surface area contributed by atoms with Crippen LogP contribution in [0.1, 0.15) is 45.4 Å². The van der Waals surface area contributed by atoms with Crippen LogP contribution in [0.2, 0.25) is 5.28 Å². The van der Waals surface area contributed by atoms with E-state index in [-0.39, 0.29) is 0 Å². The average molecular weight is 310 g/mol. The van der Waals surface area contributed by atoms with Gasteiger partial charge in [-0.25, -0.2) is 0 Å². The van der Waals surface area contributed by atoms with Crippen molar-refractivity contribution >= 4 is 23.5 Å². The number of halogens is 1. The van der Waals surface area contributed by atoms with Crippen LogP contribution in [0, 0.1) is 5.92 Å². The van der Waals surface area contributed by atoms with Gasteiger partial charge in [0.25, 0.3) is 0 Å². The molecule has 1 aromatic rings. The van der Waals surface area contributed by atoms with Gasteiger partial charge in [0.2, 0.25) is 17.2 Å². The molecule has 116 valence electrons. The van der Waals surface area contributed by atoms with Crippen LogP contribution in [0.15, 0.2) is 0 Å². The molecular weight excluding hydrogens is 286 g/mol. The molecule has 3 rings (SSSR count). The summed E-state index contributed by atoms with van der Waals surface area (Å²) in [5.74, 6) is 2.37. The summed E-state index contributed by atoms with van der Waals surface area (Å²) in [5, 5.41) is 0.317. The van der Waals surface area contributed by atoms with Gasteiger partial charge in [-0.3, -0.25) is 0 Å². The molecular formula is C15H24ClN5. The summed E-state index contributed by atoms with van der Waals surface area (Å²) in [4.78, 5) is 17.8. The van der Waals surface area contributed by atoms with Crippen molar-refractivity contribution < 1.29 is 0 Å². The van der Waals surface area contributed by atoms with Gasteiger partial charge in [0.1, 0.15) is 0 Å². The van der Waals surface area contributed by atoms with Crippen molar-refractivity contribution in [2.24, 2.45) is 5.92 Å². The largest absolute Gasteiger partial charge is 0.341 e. The molecule has 0 aromatic carbocycles. The maximum absolute atomic E-state index is 6.11. The molecule has 0 amide bonds. The van der Waals surface area contributed by atoms with E-state index in [0.717, 1.165) is 44.0 Å². The van der Waals surface area contributed by atoms with Gasteiger partial charge < -0.3 is 9.80 Å². The normalized spacial score (nSPS) is 20.3. The van der Waals surface area contributed by atoms with Crippen molar-refractivity contribution in [3.8, 4) is 0 Å². The first-order valence-corrected chi connectivity index (χ1v) is 8.55. The molecule has 0 saturated carbocycles. The minimum atomic E-state index is 0.317. The lowest BCUT2D eigenvalue weighted by Crippen LogP contribution is -2.35. The van der Waals surface area contributed by atoms with Crippen LogP contribution in [-0.2, 0) is 0 Å². The predicted octanol–water partition coefficient (Wildman–Crippen LogP) is 3.14. The van der Waals surface area contributed by atoms with E-state index >= 15 is 0 Å². The van der Waals surface area contributed by atoms with Crippen LogP contribution < -0.4 is 9.80 Å². The van der Waals surface area contributed by atoms with Crippen molar-refractivity contribution in [1.82, 2.24) is 15.0 Å². The maximum atomic E-state index is 6.11. The van der Waals surface area contributed by atoms with Crippen LogP contribution in [0.25, 0.3) is 0 Å². The second kappa shape index (κ2) is 6.77. The molecule has 2 saturated heterocycles. The second-order valence-corrected chi connectivity index (χ2v) is 6.46. The molecule has 0 bridgehead atoms. The number of hydrogen-bond acceptors (Lipinski definition) is 5. The Hall–Kier alpha value is -1.10. The number of aromatic nitrogens is 3. The molecule has 21 heavy (non-hydrogen) atoms. The highest BCUT2D eigenvalue weighted by atomic mass is 35.5. The smallest absolute Gasteiger partial charge is 0.231 e. The van der Waals surface area contributed by atoms with Crippen LogP contribution in [-0.4, -0.2) is 41.1 Å². The summed E-state index contributed by atoms with van der Waals surface area (Å²) in [6.07, 6.45) is 7.50. The van der Waals surface area contributed by atoms with Gasteiger partial charge in [-0.1, -0.05) is 19.8 Å². The van der Waals surface area contributed by atoms with Crippen molar-refractivity contribution in [3.63, 3.8) is 0 Å². The van der Waals surface area contributed by atoms with Gasteiger partial charge in [-0.2, -0.15) is 15.0 Å². The Morgan fingerprint density at radius 3 is 2.10 bits per heavy atom. The standard InChI is InChI=1S/C15H24ClN5/c1-2-5-12-6-10-21(11-7-12)15-18-13(16)17-14(19-15)20-8-3-4-9-20/h12H,2-11H2,1H3. The summed E-state index contributed by atoms with van der Waals surface area (Å²) in [7, 11) is 0. The third-order valence-electron chi connectivity index (χ3n) is 4.57. The first-order chi connectivity index (χ1) is 10.3. The van der Waals surface area contributed by atoms with Crippen LogP contribution in [0.4, 0.5) is 11.9 Å². The van der Waals surface area contributed by atoms with Crippen molar-refractivity contribution in [3.05, 3.63) is 5.28 Å². The molecule has 5 nitrogen and oxygen atoms in total. The minimum absolute atomic E-state index is 0.317. The van der Waals surface area contributed by atoms with E-state index in [1.165, 1.54) is 38.5 Å². The van der Waals surface area contributed by atoms with E-state index in [4.69, 9.17) is 11.6 Å². The average Bonchev–Trinajstić information content (AvgIpc) is 3.02. The fraction of sp³-hybridized carbons (Fsp3) is 0.800. The molecule has 1 aromatic heterocycles. The summed E-state index contributed by atoms with van der Waals surface area (Å²) in [6, 6.07) is 0. The lowest BCUT2D eigenvalue weighted by molar-refractivity contribution is 0.376. The molecule has 3 heterocycles. The number of hydrogen-bond donors (Lipinski definition) is 0. The van der Waals surface area contributed by atoms with Crippen molar-refractivity contribution in [2.45, 2.75) is 45.4 Å². The Balaban J connectivity index is 1.70. The molecule has 2 aliphatic rings. The highest BCUT2D eigenvalue weighted by molar-refractivity contribution is 6.28. The van der Waals surface area contributed by atoms with Gasteiger partial charge in [-0.15, -0.1) is 0 Å². The first-order valence-electron chi connectivity index (χ1n) is 8.17. The zero-order chi connectivity index (χ0) is 14.7. The van der Waals surface area contributed by atoms with Gasteiger partial charge >= 0.3 is 0 Å². The second-order valence-electron chi connectivity index (χ2n) is 6.12. The SMILES string of the molecule is CCCC1CCN(c2nc(Cl)nc(N3CCCC3)n2)CC1. The van der Waals surface area contributed by atoms with E-state index in [0.29, 0.717) is 5.28 Å². The third-order valence-corrected chi connectivity index (χ3v) is 4.74. The number of nitrogens with zero attached hydrogens (tertiary/aromatic N) is 5. The zero-order valence-corrected chi connectivity index (χ0v) is 13.5. The minimum Gasteiger partial charge on any atom is -0.341 e. The lowest BCUT2D eigenvalue weighted by atomic mass is 9.93. The van der Waals surface area contributed by atoms with Crippen molar-refractivity contribution in [1.29, 1.82) is 0 Å². The topological polar surface area (TPSA) is 45.2 Å². The van der Waals surface area contributed by atoms with Gasteiger partial charge in [-0.05, 0) is 43.2 Å². The summed E-state index contributed by atoms with van der Waals surface area (Å²) >= 11 is 6.11. The fourth-order valence-corrected chi connectivity index (χ4v) is 3.51. The van der Waals surface area contributed by atoms with E-state index in [9.17, 15) is 0 Å². The Morgan fingerprint density at radius 2 is 1.52 bits per heavy atom. The lowest BCUT2D eigenvalue weighted by Gasteiger charge is -2.32. The van der Waals surface area contributed by atoms with Gasteiger partial charge in [0.15, 0.2) is 0 Å². The Labute approximate surface area is 131 Å². The van der Waals surface area contributed by atoms with Crippen molar-refractivity contribution in [2.75, 3.05) is 36.0 Å². The Bertz CT molecular complexity index is 467. The molecule has 6 heteroatoms. The Kier molecular flexibility index (Phi) is 4.78. The molecule has 0 unspecified atom stereocenters. The molecule has 0 atom stereocenters. The van der Waals surface area contributed by atoms with Gasteiger partial charge in [0.05, 0.1) is 0 Å². The molecule has 0 N–H and O–H groups in total. The molecule has 2 fully saturated rings. The predicted molar refractivity (Wildman–Crippen MR) is 86.1 cm³/mol. The first kappa shape index (κ1) is 14.8. The Morgan fingerprint density at radius 1 is 0.952 bits per heavy atom. The number of anilines is 2. The molecule has 0 radical (unpaired) electrons. The third kappa shape index (κ3) is 3.57. The highest BCUT2D eigenvalue weighted by Gasteiger charge is 2.23. The van der Waals surface area contributed by atoms with E-state index in [1.54, 1.807) is 0 Å². The summed E-state index contributed by atoms with van der Waals surface area (Å²) in [5.41, 5.74) is 0. The van der Waals surface area contributed by atoms with Crippen LogP contribution in [0.3, 0.4) is 0 Å². The quantitative estimate of drug-likeness (QED) is 0.855. The van der Waals surface area contributed by atoms with Crippen LogP contribution in [0.5, 0.6) is 0 Å². The zero-order valence-electron chi connectivity index (χ0n) is 12.8. The van der Waals surface area contributed by atoms with Gasteiger partial charge in [0, 0.05) is 26.2 Å². The molecule has 0 aliphatic carbocycles. The summed E-state index contributed by atoms with van der Waals surface area (Å²) in [6.45, 7) is 6.38. The van der Waals surface area contributed by atoms with E-state index in [2.05, 4.69) is 31.7 Å². The van der Waals surface area contributed by atoms with E-state index < -0.39 is 0 Å². The summed E-state index contributed by atoms with van der Waals surface area (Å²) < 4.78 is 0. The number of rotatable bonds is 4. The monoisotopic (exact) mass is 309 g/mol.